The zero-order chi connectivity index (χ0) is 30.8. The van der Waals surface area contributed by atoms with E-state index in [-0.39, 0.29) is 35.1 Å². The van der Waals surface area contributed by atoms with E-state index in [1.54, 1.807) is 35.1 Å². The Morgan fingerprint density at radius 3 is 2.30 bits per heavy atom. The van der Waals surface area contributed by atoms with Crippen LogP contribution < -0.4 is 0 Å². The fraction of sp³-hybridized carbons (Fsp3) is 0.303. The summed E-state index contributed by atoms with van der Waals surface area (Å²) in [4.78, 5) is 19.7. The Balaban J connectivity index is 1.29. The number of ketones is 1. The number of rotatable bonds is 7. The highest BCUT2D eigenvalue weighted by molar-refractivity contribution is 7.13. The number of carbonyl (C=O) groups is 1. The van der Waals surface area contributed by atoms with Gasteiger partial charge in [-0.25, -0.2) is 18.4 Å². The summed E-state index contributed by atoms with van der Waals surface area (Å²) < 4.78 is 69.6. The first kappa shape index (κ1) is 28.6. The lowest BCUT2D eigenvalue weighted by molar-refractivity contribution is -0.134. The minimum Gasteiger partial charge on any atom is -0.365 e. The van der Waals surface area contributed by atoms with Crippen molar-refractivity contribution in [3.63, 3.8) is 0 Å². The summed E-state index contributed by atoms with van der Waals surface area (Å²) in [6.07, 6.45) is 3.46. The van der Waals surface area contributed by atoms with Gasteiger partial charge in [-0.1, -0.05) is 24.3 Å². The summed E-state index contributed by atoms with van der Waals surface area (Å²) in [5.74, 6) is -1.16. The summed E-state index contributed by atoms with van der Waals surface area (Å²) in [6.45, 7) is 4.36. The molecule has 11 heteroatoms. The van der Waals surface area contributed by atoms with E-state index in [2.05, 4.69) is 21.6 Å². The molecule has 2 heterocycles. The number of halogens is 5. The second-order valence-corrected chi connectivity index (χ2v) is 12.7. The molecule has 2 aromatic heterocycles. The van der Waals surface area contributed by atoms with E-state index in [1.807, 2.05) is 6.08 Å². The van der Waals surface area contributed by atoms with Gasteiger partial charge in [-0.3, -0.25) is 4.79 Å². The fourth-order valence-corrected chi connectivity index (χ4v) is 7.53. The maximum Gasteiger partial charge on any atom is 0.427 e. The zero-order valence-electron chi connectivity index (χ0n) is 23.5. The average molecular weight is 623 g/mol. The van der Waals surface area contributed by atoms with Crippen molar-refractivity contribution in [2.24, 2.45) is 5.41 Å². The van der Waals surface area contributed by atoms with Crippen molar-refractivity contribution in [2.45, 2.75) is 56.8 Å². The van der Waals surface area contributed by atoms with Gasteiger partial charge in [0.05, 0.1) is 29.2 Å². The van der Waals surface area contributed by atoms with Crippen molar-refractivity contribution in [1.82, 2.24) is 19.7 Å². The number of allylic oxidation sites excluding steroid dienone is 1. The zero-order valence-corrected chi connectivity index (χ0v) is 24.3. The van der Waals surface area contributed by atoms with Gasteiger partial charge in [-0.05, 0) is 92.1 Å². The molecule has 3 aliphatic rings. The molecule has 0 aliphatic heterocycles. The van der Waals surface area contributed by atoms with Crippen molar-refractivity contribution >= 4 is 28.9 Å². The third kappa shape index (κ3) is 4.96. The van der Waals surface area contributed by atoms with Crippen LogP contribution in [0.1, 0.15) is 63.6 Å². The van der Waals surface area contributed by atoms with Crippen LogP contribution in [0, 0.1) is 17.0 Å². The molecule has 2 atom stereocenters. The fourth-order valence-electron chi connectivity index (χ4n) is 6.71. The Morgan fingerprint density at radius 2 is 1.66 bits per heavy atom. The molecule has 0 amide bonds. The van der Waals surface area contributed by atoms with Crippen molar-refractivity contribution in [2.75, 3.05) is 0 Å². The van der Waals surface area contributed by atoms with E-state index in [0.717, 1.165) is 47.1 Å². The topological polar surface area (TPSA) is 51.0 Å². The quantitative estimate of drug-likeness (QED) is 0.154. The van der Waals surface area contributed by atoms with E-state index in [0.29, 0.717) is 36.3 Å². The molecule has 4 aromatic rings. The summed E-state index contributed by atoms with van der Waals surface area (Å²) in [5, 5.41) is 4.37. The van der Waals surface area contributed by atoms with Crippen LogP contribution in [0.3, 0.4) is 0 Å². The van der Waals surface area contributed by atoms with Crippen LogP contribution in [0.15, 0.2) is 73.1 Å². The molecular formula is C33H27F5N4OS. The Bertz CT molecular complexity index is 1790. The monoisotopic (exact) mass is 622 g/mol. The van der Waals surface area contributed by atoms with Crippen LogP contribution in [0.4, 0.5) is 22.0 Å². The minimum absolute atomic E-state index is 0.128. The molecule has 2 aromatic carbocycles. The summed E-state index contributed by atoms with van der Waals surface area (Å²) in [5.41, 5.74) is 3.39. The Morgan fingerprint density at radius 1 is 0.977 bits per heavy atom. The van der Waals surface area contributed by atoms with Gasteiger partial charge in [0.25, 0.3) is 0 Å². The van der Waals surface area contributed by atoms with Crippen molar-refractivity contribution in [3.8, 4) is 5.69 Å². The lowest BCUT2D eigenvalue weighted by atomic mass is 9.60. The van der Waals surface area contributed by atoms with Gasteiger partial charge in [-0.15, -0.1) is 11.3 Å². The molecule has 44 heavy (non-hydrogen) atoms. The molecule has 7 rings (SSSR count). The van der Waals surface area contributed by atoms with Gasteiger partial charge in [0.2, 0.25) is 5.78 Å². The highest BCUT2D eigenvalue weighted by atomic mass is 32.1. The minimum atomic E-state index is -4.60. The van der Waals surface area contributed by atoms with Gasteiger partial charge in [-0.2, -0.15) is 18.3 Å². The molecular weight excluding hydrogens is 595 g/mol. The molecule has 0 N–H and O–H groups in total. The summed E-state index contributed by atoms with van der Waals surface area (Å²) in [6, 6.07) is 12.2. The average Bonchev–Trinajstić information content (AvgIpc) is 3.53. The van der Waals surface area contributed by atoms with Crippen LogP contribution in [0.25, 0.3) is 17.5 Å². The van der Waals surface area contributed by atoms with Gasteiger partial charge in [0.15, 0.2) is 5.01 Å². The van der Waals surface area contributed by atoms with E-state index in [1.165, 1.54) is 24.3 Å². The smallest absolute Gasteiger partial charge is 0.365 e. The largest absolute Gasteiger partial charge is 0.427 e. The standard InChI is InChI=1S/C33H27F5N4OS/c1-19(20-2-5-23(34)6-3-20)41(25-12-13-25)27-9-4-22-14-28-21(17-40-42(28)26-10-7-24(35)8-11-26)15-32(22,16-27)30(43)31-39-18-29(44-31)33(36,37)38/h2-3,5-8,10-11,14,17-18,25,27H,1,4,9,12-13,15-16H2/t27-,32-/m0/s1. The maximum atomic E-state index is 14.4. The highest BCUT2D eigenvalue weighted by Crippen LogP contribution is 2.53. The molecule has 3 aliphatic carbocycles. The molecule has 0 bridgehead atoms. The summed E-state index contributed by atoms with van der Waals surface area (Å²) >= 11 is 0.374. The van der Waals surface area contributed by atoms with Crippen LogP contribution >= 0.6 is 11.3 Å². The molecule has 226 valence electrons. The van der Waals surface area contributed by atoms with Crippen molar-refractivity contribution < 1.29 is 26.7 Å². The van der Waals surface area contributed by atoms with Gasteiger partial charge in [0.1, 0.15) is 16.5 Å². The number of fused-ring (bicyclic) bond motifs is 2. The Labute approximate surface area is 254 Å². The number of nitrogens with zero attached hydrogens (tertiary/aromatic N) is 4. The third-order valence-corrected chi connectivity index (χ3v) is 9.98. The van der Waals surface area contributed by atoms with E-state index in [4.69, 9.17) is 0 Å². The van der Waals surface area contributed by atoms with Crippen LogP contribution in [-0.2, 0) is 12.6 Å². The second-order valence-electron chi connectivity index (χ2n) is 11.7. The number of hydrogen-bond donors (Lipinski definition) is 0. The number of alkyl halides is 3. The highest BCUT2D eigenvalue weighted by Gasteiger charge is 2.52. The maximum absolute atomic E-state index is 14.4. The molecule has 0 spiro atoms. The van der Waals surface area contributed by atoms with E-state index >= 15 is 0 Å². The predicted octanol–water partition coefficient (Wildman–Crippen LogP) is 8.12. The number of aromatic nitrogens is 3. The first-order valence-electron chi connectivity index (χ1n) is 14.4. The lowest BCUT2D eigenvalue weighted by Gasteiger charge is -2.48. The predicted molar refractivity (Wildman–Crippen MR) is 157 cm³/mol. The molecule has 2 saturated carbocycles. The normalized spacial score (nSPS) is 21.3. The lowest BCUT2D eigenvalue weighted by Crippen LogP contribution is -2.49. The number of benzene rings is 2. The first-order valence-corrected chi connectivity index (χ1v) is 15.2. The number of Topliss-reactive ketones (excluding diaryl/α,β-unsaturated/α-hetero) is 1. The number of hydrogen-bond acceptors (Lipinski definition) is 5. The second kappa shape index (κ2) is 10.5. The van der Waals surface area contributed by atoms with Crippen molar-refractivity contribution in [3.05, 3.63) is 111 Å². The van der Waals surface area contributed by atoms with Gasteiger partial charge >= 0.3 is 6.18 Å². The Hall–Kier alpha value is -4.12. The molecule has 0 saturated heterocycles. The molecule has 0 unspecified atom stereocenters. The van der Waals surface area contributed by atoms with E-state index in [9.17, 15) is 26.7 Å². The third-order valence-electron chi connectivity index (χ3n) is 8.94. The van der Waals surface area contributed by atoms with Gasteiger partial charge < -0.3 is 4.90 Å². The molecule has 5 nitrogen and oxygen atoms in total. The van der Waals surface area contributed by atoms with E-state index < -0.39 is 22.3 Å². The van der Waals surface area contributed by atoms with Crippen LogP contribution in [-0.4, -0.2) is 37.5 Å². The SMILES string of the molecule is C=C(c1ccc(F)cc1)N(C1CC1)[C@H]1CCC2=Cc3c(cnn3-c3ccc(F)cc3)C[C@]2(C(=O)c2ncc(C(F)(F)F)s2)C1. The first-order chi connectivity index (χ1) is 21.0. The number of carbonyl (C=O) groups excluding carboxylic acids is 1. The van der Waals surface area contributed by atoms with Crippen molar-refractivity contribution in [1.29, 1.82) is 0 Å². The molecule has 0 radical (unpaired) electrons. The van der Waals surface area contributed by atoms with Crippen LogP contribution in [0.5, 0.6) is 0 Å². The van der Waals surface area contributed by atoms with Gasteiger partial charge in [0, 0.05) is 17.8 Å². The Kier molecular flexibility index (Phi) is 6.84. The van der Waals surface area contributed by atoms with Crippen LogP contribution in [0.2, 0.25) is 0 Å². The number of thiazole rings is 1. The summed E-state index contributed by atoms with van der Waals surface area (Å²) in [7, 11) is 0. The molecule has 2 fully saturated rings.